The Kier molecular flexibility index (Phi) is 5.98. The predicted octanol–water partition coefficient (Wildman–Crippen LogP) is 3.67. The second-order valence-corrected chi connectivity index (χ2v) is 6.79. The molecule has 0 aromatic heterocycles. The zero-order valence-electron chi connectivity index (χ0n) is 12.2. The Bertz CT molecular complexity index is 503. The summed E-state index contributed by atoms with van der Waals surface area (Å²) in [6.07, 6.45) is 0. The molecule has 0 unspecified atom stereocenters. The van der Waals surface area contributed by atoms with Gasteiger partial charge in [-0.25, -0.2) is 9.59 Å². The molecule has 0 atom stereocenters. The van der Waals surface area contributed by atoms with Crippen molar-refractivity contribution in [2.24, 2.45) is 5.41 Å². The zero-order chi connectivity index (χ0) is 15.3. The fourth-order valence-electron chi connectivity index (χ4n) is 1.43. The van der Waals surface area contributed by atoms with E-state index in [1.807, 2.05) is 20.8 Å². The highest BCUT2D eigenvalue weighted by Gasteiger charge is 2.21. The number of carbonyl (C=O) groups excluding carboxylic acids is 2. The molecule has 0 amide bonds. The first kappa shape index (κ1) is 16.9. The molecule has 0 saturated carbocycles. The third-order valence-corrected chi connectivity index (χ3v) is 3.00. The van der Waals surface area contributed by atoms with E-state index < -0.39 is 11.9 Å². The molecule has 0 N–H and O–H groups in total. The van der Waals surface area contributed by atoms with Gasteiger partial charge in [-0.2, -0.15) is 0 Å². The van der Waals surface area contributed by atoms with Crippen LogP contribution in [0.5, 0.6) is 0 Å². The average Bonchev–Trinajstić information content (AvgIpc) is 2.35. The molecule has 0 radical (unpaired) electrons. The van der Waals surface area contributed by atoms with Gasteiger partial charge in [0.2, 0.25) is 0 Å². The number of halogens is 1. The van der Waals surface area contributed by atoms with Crippen molar-refractivity contribution in [3.05, 3.63) is 32.9 Å². The SMILES string of the molecule is CCOC(=O)c1ccc(I)cc1C(=O)OCC(C)(C)C. The molecule has 20 heavy (non-hydrogen) atoms. The summed E-state index contributed by atoms with van der Waals surface area (Å²) in [5, 5.41) is 0. The minimum atomic E-state index is -0.508. The maximum absolute atomic E-state index is 12.1. The quantitative estimate of drug-likeness (QED) is 0.582. The molecule has 110 valence electrons. The largest absolute Gasteiger partial charge is 0.462 e. The van der Waals surface area contributed by atoms with Gasteiger partial charge < -0.3 is 9.47 Å². The van der Waals surface area contributed by atoms with Crippen LogP contribution in [0.15, 0.2) is 18.2 Å². The Morgan fingerprint density at radius 2 is 1.70 bits per heavy atom. The van der Waals surface area contributed by atoms with E-state index in [1.165, 1.54) is 0 Å². The van der Waals surface area contributed by atoms with E-state index in [0.29, 0.717) is 6.61 Å². The van der Waals surface area contributed by atoms with Crippen LogP contribution in [-0.4, -0.2) is 25.2 Å². The third-order valence-electron chi connectivity index (χ3n) is 2.33. The second-order valence-electron chi connectivity index (χ2n) is 5.55. The molecule has 1 aromatic rings. The first-order chi connectivity index (χ1) is 9.24. The summed E-state index contributed by atoms with van der Waals surface area (Å²) in [6, 6.07) is 4.98. The number of hydrogen-bond donors (Lipinski definition) is 0. The number of rotatable bonds is 4. The molecular weight excluding hydrogens is 371 g/mol. The van der Waals surface area contributed by atoms with Crippen molar-refractivity contribution >= 4 is 34.5 Å². The molecule has 1 rings (SSSR count). The predicted molar refractivity (Wildman–Crippen MR) is 84.9 cm³/mol. The first-order valence-corrected chi connectivity index (χ1v) is 7.46. The fraction of sp³-hybridized carbons (Fsp3) is 0.467. The van der Waals surface area contributed by atoms with E-state index in [9.17, 15) is 9.59 Å². The van der Waals surface area contributed by atoms with Crippen LogP contribution >= 0.6 is 22.6 Å². The summed E-state index contributed by atoms with van der Waals surface area (Å²) in [7, 11) is 0. The highest BCUT2D eigenvalue weighted by atomic mass is 127. The van der Waals surface area contributed by atoms with Crippen molar-refractivity contribution in [2.75, 3.05) is 13.2 Å². The third kappa shape index (κ3) is 5.11. The van der Waals surface area contributed by atoms with Crippen LogP contribution in [0.2, 0.25) is 0 Å². The van der Waals surface area contributed by atoms with E-state index in [-0.39, 0.29) is 23.1 Å². The smallest absolute Gasteiger partial charge is 0.339 e. The molecule has 0 saturated heterocycles. The minimum absolute atomic E-state index is 0.123. The Hall–Kier alpha value is -1.11. The van der Waals surface area contributed by atoms with E-state index >= 15 is 0 Å². The van der Waals surface area contributed by atoms with Gasteiger partial charge in [0.15, 0.2) is 0 Å². The van der Waals surface area contributed by atoms with E-state index in [0.717, 1.165) is 3.57 Å². The van der Waals surface area contributed by atoms with Gasteiger partial charge in [-0.1, -0.05) is 20.8 Å². The minimum Gasteiger partial charge on any atom is -0.462 e. The Balaban J connectivity index is 3.00. The van der Waals surface area contributed by atoms with Gasteiger partial charge in [0, 0.05) is 3.57 Å². The fourth-order valence-corrected chi connectivity index (χ4v) is 1.92. The molecule has 4 nitrogen and oxygen atoms in total. The number of ether oxygens (including phenoxy) is 2. The maximum Gasteiger partial charge on any atom is 0.339 e. The summed E-state index contributed by atoms with van der Waals surface area (Å²) in [5.74, 6) is -1.01. The van der Waals surface area contributed by atoms with Crippen molar-refractivity contribution in [1.82, 2.24) is 0 Å². The van der Waals surface area contributed by atoms with Gasteiger partial charge in [-0.3, -0.25) is 0 Å². The summed E-state index contributed by atoms with van der Waals surface area (Å²) in [4.78, 5) is 24.0. The lowest BCUT2D eigenvalue weighted by molar-refractivity contribution is 0.0354. The molecule has 0 aliphatic rings. The molecular formula is C15H19IO4. The lowest BCUT2D eigenvalue weighted by atomic mass is 9.98. The number of hydrogen-bond acceptors (Lipinski definition) is 4. The summed E-state index contributed by atoms with van der Waals surface area (Å²) in [5.41, 5.74) is 0.368. The van der Waals surface area contributed by atoms with Gasteiger partial charge in [0.05, 0.1) is 24.3 Å². The van der Waals surface area contributed by atoms with Crippen LogP contribution in [0.3, 0.4) is 0 Å². The highest BCUT2D eigenvalue weighted by molar-refractivity contribution is 14.1. The summed E-state index contributed by atoms with van der Waals surface area (Å²) >= 11 is 2.08. The van der Waals surface area contributed by atoms with Crippen LogP contribution in [0, 0.1) is 8.99 Å². The van der Waals surface area contributed by atoms with E-state index in [4.69, 9.17) is 9.47 Å². The average molecular weight is 390 g/mol. The van der Waals surface area contributed by atoms with Crippen molar-refractivity contribution in [1.29, 1.82) is 0 Å². The van der Waals surface area contributed by atoms with Gasteiger partial charge in [-0.15, -0.1) is 0 Å². The number of esters is 2. The van der Waals surface area contributed by atoms with Gasteiger partial charge in [0.25, 0.3) is 0 Å². The van der Waals surface area contributed by atoms with E-state index in [2.05, 4.69) is 22.6 Å². The van der Waals surface area contributed by atoms with Gasteiger partial charge in [-0.05, 0) is 53.1 Å². The molecule has 5 heteroatoms. The highest BCUT2D eigenvalue weighted by Crippen LogP contribution is 2.19. The van der Waals surface area contributed by atoms with Crippen LogP contribution < -0.4 is 0 Å². The normalized spacial score (nSPS) is 11.1. The lowest BCUT2D eigenvalue weighted by Gasteiger charge is -2.18. The molecule has 0 fully saturated rings. The molecule has 0 aliphatic heterocycles. The maximum atomic E-state index is 12.1. The number of carbonyl (C=O) groups is 2. The topological polar surface area (TPSA) is 52.6 Å². The molecule has 0 aliphatic carbocycles. The molecule has 0 heterocycles. The second kappa shape index (κ2) is 7.06. The zero-order valence-corrected chi connectivity index (χ0v) is 14.3. The molecule has 1 aromatic carbocycles. The van der Waals surface area contributed by atoms with E-state index in [1.54, 1.807) is 25.1 Å². The first-order valence-electron chi connectivity index (χ1n) is 6.38. The Morgan fingerprint density at radius 3 is 2.25 bits per heavy atom. The van der Waals surface area contributed by atoms with Crippen LogP contribution in [0.1, 0.15) is 48.4 Å². The van der Waals surface area contributed by atoms with Gasteiger partial charge >= 0.3 is 11.9 Å². The summed E-state index contributed by atoms with van der Waals surface area (Å²) < 4.78 is 11.1. The van der Waals surface area contributed by atoms with Crippen molar-refractivity contribution in [2.45, 2.75) is 27.7 Å². The Morgan fingerprint density at radius 1 is 1.10 bits per heavy atom. The Labute approximate surface area is 133 Å². The van der Waals surface area contributed by atoms with Crippen molar-refractivity contribution in [3.63, 3.8) is 0 Å². The number of benzene rings is 1. The van der Waals surface area contributed by atoms with Crippen LogP contribution in [-0.2, 0) is 9.47 Å². The molecule has 0 spiro atoms. The van der Waals surface area contributed by atoms with Crippen LogP contribution in [0.25, 0.3) is 0 Å². The molecule has 0 bridgehead atoms. The monoisotopic (exact) mass is 390 g/mol. The standard InChI is InChI=1S/C15H19IO4/c1-5-19-13(17)11-7-6-10(16)8-12(11)14(18)20-9-15(2,3)4/h6-8H,5,9H2,1-4H3. The van der Waals surface area contributed by atoms with Crippen LogP contribution in [0.4, 0.5) is 0 Å². The van der Waals surface area contributed by atoms with Crippen molar-refractivity contribution in [3.8, 4) is 0 Å². The van der Waals surface area contributed by atoms with Crippen molar-refractivity contribution < 1.29 is 19.1 Å². The lowest BCUT2D eigenvalue weighted by Crippen LogP contribution is -2.20. The van der Waals surface area contributed by atoms with Gasteiger partial charge in [0.1, 0.15) is 0 Å². The summed E-state index contributed by atoms with van der Waals surface area (Å²) in [6.45, 7) is 8.20.